The highest BCUT2D eigenvalue weighted by Gasteiger charge is 2.13. The Morgan fingerprint density at radius 1 is 1.67 bits per heavy atom. The molecule has 2 heterocycles. The van der Waals surface area contributed by atoms with Crippen LogP contribution >= 0.6 is 0 Å². The number of hydrogen-bond donors (Lipinski definition) is 2. The molecule has 4 heteroatoms. The van der Waals surface area contributed by atoms with Crippen molar-refractivity contribution in [3.8, 4) is 0 Å². The topological polar surface area (TPSA) is 62.2 Å². The molecule has 0 bridgehead atoms. The third kappa shape index (κ3) is 1.01. The molecule has 0 unspecified atom stereocenters. The monoisotopic (exact) mass is 164 g/mol. The van der Waals surface area contributed by atoms with Crippen molar-refractivity contribution in [3.05, 3.63) is 23.4 Å². The number of hydrogen-bond acceptors (Lipinski definition) is 3. The molecule has 0 spiro atoms. The van der Waals surface area contributed by atoms with Crippen molar-refractivity contribution in [1.82, 2.24) is 4.98 Å². The molecular formula is C8H8N2O2. The van der Waals surface area contributed by atoms with Crippen molar-refractivity contribution in [3.63, 3.8) is 0 Å². The van der Waals surface area contributed by atoms with E-state index < -0.39 is 5.97 Å². The number of aromatic nitrogens is 1. The molecule has 0 aliphatic carbocycles. The molecule has 0 fully saturated rings. The van der Waals surface area contributed by atoms with Gasteiger partial charge in [0.25, 0.3) is 0 Å². The minimum atomic E-state index is -0.919. The highest BCUT2D eigenvalue weighted by Crippen LogP contribution is 2.19. The lowest BCUT2D eigenvalue weighted by molar-refractivity contribution is 0.0696. The van der Waals surface area contributed by atoms with Gasteiger partial charge in [-0.05, 0) is 18.1 Å². The second-order valence-corrected chi connectivity index (χ2v) is 2.71. The van der Waals surface area contributed by atoms with E-state index in [-0.39, 0.29) is 5.56 Å². The predicted molar refractivity (Wildman–Crippen MR) is 43.4 cm³/mol. The zero-order valence-corrected chi connectivity index (χ0v) is 6.37. The van der Waals surface area contributed by atoms with Crippen LogP contribution in [-0.4, -0.2) is 22.6 Å². The molecule has 1 aliphatic rings. The summed E-state index contributed by atoms with van der Waals surface area (Å²) < 4.78 is 0. The molecule has 1 aliphatic heterocycles. The van der Waals surface area contributed by atoms with E-state index in [9.17, 15) is 4.79 Å². The highest BCUT2D eigenvalue weighted by molar-refractivity contribution is 5.87. The first-order chi connectivity index (χ1) is 5.77. The molecule has 0 saturated heterocycles. The van der Waals surface area contributed by atoms with Gasteiger partial charge < -0.3 is 10.4 Å². The number of nitrogens with one attached hydrogen (secondary N) is 1. The molecule has 4 nitrogen and oxygen atoms in total. The van der Waals surface area contributed by atoms with Gasteiger partial charge in [-0.1, -0.05) is 0 Å². The third-order valence-corrected chi connectivity index (χ3v) is 1.90. The Hall–Kier alpha value is -1.58. The molecule has 2 rings (SSSR count). The fraction of sp³-hybridized carbons (Fsp3) is 0.250. The maximum atomic E-state index is 10.5. The van der Waals surface area contributed by atoms with Crippen LogP contribution in [0.4, 0.5) is 5.82 Å². The molecule has 0 radical (unpaired) electrons. The van der Waals surface area contributed by atoms with Crippen molar-refractivity contribution in [1.29, 1.82) is 0 Å². The van der Waals surface area contributed by atoms with E-state index in [1.165, 1.54) is 6.20 Å². The second kappa shape index (κ2) is 2.48. The highest BCUT2D eigenvalue weighted by atomic mass is 16.4. The Bertz CT molecular complexity index is 336. The van der Waals surface area contributed by atoms with E-state index in [4.69, 9.17) is 5.11 Å². The number of carbonyl (C=O) groups is 1. The number of carboxylic acid groups (broad SMARTS) is 1. The minimum absolute atomic E-state index is 0.262. The Morgan fingerprint density at radius 3 is 3.25 bits per heavy atom. The standard InChI is InChI=1S/C8H8N2O2/c11-8(12)6-3-5-1-2-9-7(5)10-4-6/h3-4H,1-2H2,(H,9,10)(H,11,12). The summed E-state index contributed by atoms with van der Waals surface area (Å²) in [5.41, 5.74) is 1.26. The number of pyridine rings is 1. The zero-order valence-electron chi connectivity index (χ0n) is 6.37. The molecule has 1 aromatic heterocycles. The largest absolute Gasteiger partial charge is 0.478 e. The van der Waals surface area contributed by atoms with Crippen LogP contribution in [0.3, 0.4) is 0 Å². The summed E-state index contributed by atoms with van der Waals surface area (Å²) >= 11 is 0. The zero-order chi connectivity index (χ0) is 8.55. The SMILES string of the molecule is O=C(O)c1cnc2c(c1)CCN2. The Kier molecular flexibility index (Phi) is 1.46. The van der Waals surface area contributed by atoms with Crippen LogP contribution in [0.25, 0.3) is 0 Å². The lowest BCUT2D eigenvalue weighted by Crippen LogP contribution is -1.98. The maximum Gasteiger partial charge on any atom is 0.337 e. The van der Waals surface area contributed by atoms with Crippen molar-refractivity contribution in [2.24, 2.45) is 0 Å². The first-order valence-corrected chi connectivity index (χ1v) is 3.73. The van der Waals surface area contributed by atoms with Gasteiger partial charge in [-0.15, -0.1) is 0 Å². The molecule has 12 heavy (non-hydrogen) atoms. The third-order valence-electron chi connectivity index (χ3n) is 1.90. The van der Waals surface area contributed by atoms with Crippen LogP contribution in [0, 0.1) is 0 Å². The first-order valence-electron chi connectivity index (χ1n) is 3.73. The second-order valence-electron chi connectivity index (χ2n) is 2.71. The van der Waals surface area contributed by atoms with Crippen molar-refractivity contribution in [2.75, 3.05) is 11.9 Å². The number of carboxylic acids is 1. The number of aromatic carboxylic acids is 1. The number of nitrogens with zero attached hydrogens (tertiary/aromatic N) is 1. The van der Waals surface area contributed by atoms with Crippen LogP contribution in [0.2, 0.25) is 0 Å². The van der Waals surface area contributed by atoms with Crippen LogP contribution in [0.15, 0.2) is 12.3 Å². The smallest absolute Gasteiger partial charge is 0.337 e. The van der Waals surface area contributed by atoms with Gasteiger partial charge in [-0.3, -0.25) is 0 Å². The Balaban J connectivity index is 2.45. The number of rotatable bonds is 1. The van der Waals surface area contributed by atoms with Crippen LogP contribution < -0.4 is 5.32 Å². The van der Waals surface area contributed by atoms with Crippen molar-refractivity contribution < 1.29 is 9.90 Å². The summed E-state index contributed by atoms with van der Waals surface area (Å²) in [4.78, 5) is 14.5. The van der Waals surface area contributed by atoms with Gasteiger partial charge in [0.2, 0.25) is 0 Å². The minimum Gasteiger partial charge on any atom is -0.478 e. The van der Waals surface area contributed by atoms with Crippen LogP contribution in [0.5, 0.6) is 0 Å². The van der Waals surface area contributed by atoms with E-state index in [1.54, 1.807) is 6.07 Å². The fourth-order valence-electron chi connectivity index (χ4n) is 1.29. The number of anilines is 1. The molecule has 1 aromatic rings. The molecule has 0 atom stereocenters. The Labute approximate surface area is 69.2 Å². The van der Waals surface area contributed by atoms with E-state index in [0.29, 0.717) is 0 Å². The predicted octanol–water partition coefficient (Wildman–Crippen LogP) is 0.748. The van der Waals surface area contributed by atoms with Crippen LogP contribution in [-0.2, 0) is 6.42 Å². The molecular weight excluding hydrogens is 156 g/mol. The summed E-state index contributed by atoms with van der Waals surface area (Å²) in [5, 5.41) is 11.7. The quantitative estimate of drug-likeness (QED) is 0.642. The normalized spacial score (nSPS) is 13.7. The van der Waals surface area contributed by atoms with Gasteiger partial charge in [0.15, 0.2) is 0 Å². The van der Waals surface area contributed by atoms with Gasteiger partial charge in [0, 0.05) is 12.7 Å². The molecule has 0 aromatic carbocycles. The lowest BCUT2D eigenvalue weighted by atomic mass is 10.2. The van der Waals surface area contributed by atoms with Crippen LogP contribution in [0.1, 0.15) is 15.9 Å². The van der Waals surface area contributed by atoms with Crippen molar-refractivity contribution in [2.45, 2.75) is 6.42 Å². The average Bonchev–Trinajstić information content (AvgIpc) is 2.49. The van der Waals surface area contributed by atoms with E-state index >= 15 is 0 Å². The van der Waals surface area contributed by atoms with Gasteiger partial charge in [-0.2, -0.15) is 0 Å². The average molecular weight is 164 g/mol. The molecule has 0 amide bonds. The van der Waals surface area contributed by atoms with Gasteiger partial charge >= 0.3 is 5.97 Å². The summed E-state index contributed by atoms with van der Waals surface area (Å²) in [6, 6.07) is 1.67. The summed E-state index contributed by atoms with van der Waals surface area (Å²) in [5.74, 6) is -0.0998. The first kappa shape index (κ1) is 7.09. The van der Waals surface area contributed by atoms with E-state index in [0.717, 1.165) is 24.3 Å². The van der Waals surface area contributed by atoms with E-state index in [2.05, 4.69) is 10.3 Å². The summed E-state index contributed by atoms with van der Waals surface area (Å²) in [6.45, 7) is 0.853. The summed E-state index contributed by atoms with van der Waals surface area (Å²) in [7, 11) is 0. The molecule has 2 N–H and O–H groups in total. The van der Waals surface area contributed by atoms with E-state index in [1.807, 2.05) is 0 Å². The lowest BCUT2D eigenvalue weighted by Gasteiger charge is -1.98. The maximum absolute atomic E-state index is 10.5. The Morgan fingerprint density at radius 2 is 2.50 bits per heavy atom. The molecule has 0 saturated carbocycles. The molecule has 62 valence electrons. The fourth-order valence-corrected chi connectivity index (χ4v) is 1.29. The van der Waals surface area contributed by atoms with Gasteiger partial charge in [0.05, 0.1) is 5.56 Å². The number of fused-ring (bicyclic) bond motifs is 1. The summed E-state index contributed by atoms with van der Waals surface area (Å²) in [6.07, 6.45) is 2.24. The van der Waals surface area contributed by atoms with Gasteiger partial charge in [0.1, 0.15) is 5.82 Å². The van der Waals surface area contributed by atoms with Crippen molar-refractivity contribution >= 4 is 11.8 Å². The van der Waals surface area contributed by atoms with Gasteiger partial charge in [-0.25, -0.2) is 9.78 Å².